The van der Waals surface area contributed by atoms with Crippen LogP contribution in [0.4, 0.5) is 18.9 Å². The van der Waals surface area contributed by atoms with Crippen molar-refractivity contribution < 1.29 is 27.5 Å². The fraction of sp³-hybridized carbons (Fsp3) is 0.158. The molecule has 2 aromatic carbocycles. The van der Waals surface area contributed by atoms with E-state index in [1.807, 2.05) is 0 Å². The normalized spacial score (nSPS) is 11.3. The number of nitrogens with zero attached hydrogens (tertiary/aromatic N) is 2. The molecule has 150 valence electrons. The van der Waals surface area contributed by atoms with E-state index in [4.69, 9.17) is 0 Å². The van der Waals surface area contributed by atoms with E-state index in [-0.39, 0.29) is 22.3 Å². The van der Waals surface area contributed by atoms with Crippen LogP contribution in [-0.2, 0) is 22.3 Å². The second-order valence-electron chi connectivity index (χ2n) is 5.92. The van der Waals surface area contributed by atoms with Gasteiger partial charge in [0.25, 0.3) is 5.56 Å². The van der Waals surface area contributed by atoms with E-state index >= 15 is 0 Å². The van der Waals surface area contributed by atoms with Crippen molar-refractivity contribution in [3.8, 4) is 0 Å². The summed E-state index contributed by atoms with van der Waals surface area (Å²) in [6, 6.07) is 11.6. The van der Waals surface area contributed by atoms with Gasteiger partial charge in [-0.25, -0.2) is 9.78 Å². The maximum absolute atomic E-state index is 13.2. The van der Waals surface area contributed by atoms with Crippen molar-refractivity contribution in [2.24, 2.45) is 0 Å². The third kappa shape index (κ3) is 4.10. The highest BCUT2D eigenvalue weighted by molar-refractivity contribution is 6.01. The summed E-state index contributed by atoms with van der Waals surface area (Å²) >= 11 is 0. The third-order valence-electron chi connectivity index (χ3n) is 4.03. The number of carbonyl (C=O) groups is 2. The molecule has 29 heavy (non-hydrogen) atoms. The van der Waals surface area contributed by atoms with Gasteiger partial charge in [0, 0.05) is 0 Å². The van der Waals surface area contributed by atoms with E-state index in [1.165, 1.54) is 43.5 Å². The van der Waals surface area contributed by atoms with Gasteiger partial charge in [-0.2, -0.15) is 13.2 Å². The number of rotatable bonds is 4. The van der Waals surface area contributed by atoms with Gasteiger partial charge in [0.2, 0.25) is 11.6 Å². The number of fused-ring (bicyclic) bond motifs is 1. The molecule has 0 aliphatic rings. The molecule has 0 saturated heterocycles. The Labute approximate surface area is 161 Å². The molecular weight excluding hydrogens is 391 g/mol. The summed E-state index contributed by atoms with van der Waals surface area (Å²) in [5, 5.41) is 2.42. The first-order valence-electron chi connectivity index (χ1n) is 8.26. The van der Waals surface area contributed by atoms with Gasteiger partial charge < -0.3 is 10.1 Å². The first kappa shape index (κ1) is 20.1. The zero-order valence-electron chi connectivity index (χ0n) is 15.0. The molecule has 10 heteroatoms. The summed E-state index contributed by atoms with van der Waals surface area (Å²) in [6.45, 7) is -0.708. The summed E-state index contributed by atoms with van der Waals surface area (Å²) < 4.78 is 44.9. The van der Waals surface area contributed by atoms with Gasteiger partial charge in [-0.15, -0.1) is 0 Å². The monoisotopic (exact) mass is 405 g/mol. The first-order chi connectivity index (χ1) is 13.7. The van der Waals surface area contributed by atoms with Crippen molar-refractivity contribution in [1.29, 1.82) is 0 Å². The van der Waals surface area contributed by atoms with Crippen molar-refractivity contribution >= 4 is 28.6 Å². The molecule has 3 rings (SSSR count). The number of amides is 1. The molecule has 0 saturated carbocycles. The standard InChI is InChI=1S/C19H14F3N3O4/c1-29-18(28)11-6-2-3-7-12(11)23-15(26)10-25-14-9-5-4-8-13(14)24-16(17(25)27)19(20,21)22/h2-9H,10H2,1H3,(H,23,26). The molecule has 0 atom stereocenters. The van der Waals surface area contributed by atoms with Crippen LogP contribution in [0.15, 0.2) is 53.3 Å². The number of anilines is 1. The first-order valence-corrected chi connectivity index (χ1v) is 8.26. The molecule has 1 amide bonds. The van der Waals surface area contributed by atoms with Crippen molar-refractivity contribution in [3.63, 3.8) is 0 Å². The zero-order valence-corrected chi connectivity index (χ0v) is 15.0. The second kappa shape index (κ2) is 7.74. The molecule has 0 unspecified atom stereocenters. The van der Waals surface area contributed by atoms with Crippen LogP contribution >= 0.6 is 0 Å². The number of halogens is 3. The van der Waals surface area contributed by atoms with Crippen LogP contribution < -0.4 is 10.9 Å². The number of nitrogens with one attached hydrogen (secondary N) is 1. The maximum atomic E-state index is 13.2. The molecule has 0 spiro atoms. The SMILES string of the molecule is COC(=O)c1ccccc1NC(=O)Cn1c(=O)c(C(F)(F)F)nc2ccccc21. The summed E-state index contributed by atoms with van der Waals surface area (Å²) in [4.78, 5) is 40.0. The summed E-state index contributed by atoms with van der Waals surface area (Å²) in [6.07, 6.45) is -4.98. The number of carbonyl (C=O) groups excluding carboxylic acids is 2. The van der Waals surface area contributed by atoms with Crippen LogP contribution in [0.5, 0.6) is 0 Å². The van der Waals surface area contributed by atoms with Crippen LogP contribution in [0, 0.1) is 0 Å². The number of benzene rings is 2. The van der Waals surface area contributed by atoms with Crippen molar-refractivity contribution in [3.05, 3.63) is 70.1 Å². The average molecular weight is 405 g/mol. The van der Waals surface area contributed by atoms with Crippen LogP contribution in [0.2, 0.25) is 0 Å². The Morgan fingerprint density at radius 1 is 1.10 bits per heavy atom. The van der Waals surface area contributed by atoms with Gasteiger partial charge in [-0.1, -0.05) is 24.3 Å². The molecule has 0 aliphatic heterocycles. The van der Waals surface area contributed by atoms with Gasteiger partial charge in [0.1, 0.15) is 6.54 Å². The number of methoxy groups -OCH3 is 1. The fourth-order valence-electron chi connectivity index (χ4n) is 2.75. The Kier molecular flexibility index (Phi) is 5.35. The molecule has 0 aliphatic carbocycles. The van der Waals surface area contributed by atoms with Crippen LogP contribution in [-0.4, -0.2) is 28.5 Å². The summed E-state index contributed by atoms with van der Waals surface area (Å²) in [5.74, 6) is -1.50. The van der Waals surface area contributed by atoms with Crippen LogP contribution in [0.25, 0.3) is 11.0 Å². The predicted molar refractivity (Wildman–Crippen MR) is 97.4 cm³/mol. The second-order valence-corrected chi connectivity index (χ2v) is 5.92. The van der Waals surface area contributed by atoms with E-state index in [2.05, 4.69) is 15.0 Å². The van der Waals surface area contributed by atoms with E-state index < -0.39 is 35.9 Å². The maximum Gasteiger partial charge on any atom is 0.438 e. The van der Waals surface area contributed by atoms with E-state index in [0.717, 1.165) is 0 Å². The van der Waals surface area contributed by atoms with Crippen molar-refractivity contribution in [2.75, 3.05) is 12.4 Å². The Morgan fingerprint density at radius 2 is 1.76 bits per heavy atom. The molecule has 3 aromatic rings. The number of esters is 1. The Bertz CT molecular complexity index is 1160. The molecular formula is C19H14F3N3O4. The summed E-state index contributed by atoms with van der Waals surface area (Å²) in [7, 11) is 1.17. The lowest BCUT2D eigenvalue weighted by molar-refractivity contribution is -0.142. The Morgan fingerprint density at radius 3 is 2.45 bits per heavy atom. The molecule has 0 radical (unpaired) electrons. The molecule has 1 heterocycles. The average Bonchev–Trinajstić information content (AvgIpc) is 2.69. The van der Waals surface area contributed by atoms with E-state index in [9.17, 15) is 27.6 Å². The quantitative estimate of drug-likeness (QED) is 0.674. The Balaban J connectivity index is 2.01. The van der Waals surface area contributed by atoms with Crippen LogP contribution in [0.3, 0.4) is 0 Å². The molecule has 7 nitrogen and oxygen atoms in total. The number of hydrogen-bond acceptors (Lipinski definition) is 5. The number of ether oxygens (including phenoxy) is 1. The molecule has 1 aromatic heterocycles. The highest BCUT2D eigenvalue weighted by atomic mass is 19.4. The van der Waals surface area contributed by atoms with E-state index in [1.54, 1.807) is 12.1 Å². The largest absolute Gasteiger partial charge is 0.465 e. The van der Waals surface area contributed by atoms with Gasteiger partial charge >= 0.3 is 12.1 Å². The number of aromatic nitrogens is 2. The lowest BCUT2D eigenvalue weighted by Crippen LogP contribution is -2.34. The minimum atomic E-state index is -4.98. The minimum Gasteiger partial charge on any atom is -0.465 e. The lowest BCUT2D eigenvalue weighted by Gasteiger charge is -2.14. The van der Waals surface area contributed by atoms with Crippen molar-refractivity contribution in [2.45, 2.75) is 12.7 Å². The lowest BCUT2D eigenvalue weighted by atomic mass is 10.2. The van der Waals surface area contributed by atoms with E-state index in [0.29, 0.717) is 4.57 Å². The molecule has 0 fully saturated rings. The molecule has 0 bridgehead atoms. The highest BCUT2D eigenvalue weighted by Gasteiger charge is 2.37. The molecule has 1 N–H and O–H groups in total. The minimum absolute atomic E-state index is 0.0614. The third-order valence-corrected chi connectivity index (χ3v) is 4.03. The number of para-hydroxylation sites is 3. The predicted octanol–water partition coefficient (Wildman–Crippen LogP) is 2.84. The summed E-state index contributed by atoms with van der Waals surface area (Å²) in [5.41, 5.74) is -2.89. The van der Waals surface area contributed by atoms with Gasteiger partial charge in [0.05, 0.1) is 29.4 Å². The highest BCUT2D eigenvalue weighted by Crippen LogP contribution is 2.26. The Hall–Kier alpha value is -3.69. The number of alkyl halides is 3. The zero-order chi connectivity index (χ0) is 21.2. The smallest absolute Gasteiger partial charge is 0.438 e. The number of hydrogen-bond donors (Lipinski definition) is 1. The topological polar surface area (TPSA) is 90.3 Å². The van der Waals surface area contributed by atoms with Crippen LogP contribution in [0.1, 0.15) is 16.1 Å². The fourth-order valence-corrected chi connectivity index (χ4v) is 2.75. The van der Waals surface area contributed by atoms with Crippen molar-refractivity contribution in [1.82, 2.24) is 9.55 Å². The van der Waals surface area contributed by atoms with Gasteiger partial charge in [-0.05, 0) is 24.3 Å². The van der Waals surface area contributed by atoms with Gasteiger partial charge in [-0.3, -0.25) is 14.2 Å². The van der Waals surface area contributed by atoms with Gasteiger partial charge in [0.15, 0.2) is 0 Å².